The number of hydrogen-bond acceptors (Lipinski definition) is 4. The molecule has 1 aromatic carbocycles. The lowest BCUT2D eigenvalue weighted by molar-refractivity contribution is -0.0328. The molecule has 0 saturated heterocycles. The summed E-state index contributed by atoms with van der Waals surface area (Å²) in [5.41, 5.74) is -3.41. The third kappa shape index (κ3) is 4.14. The number of ether oxygens (including phenoxy) is 1. The fraction of sp³-hybridized carbons (Fsp3) is 0.143. The quantitative estimate of drug-likeness (QED) is 0.590. The van der Waals surface area contributed by atoms with Gasteiger partial charge < -0.3 is 4.74 Å². The summed E-state index contributed by atoms with van der Waals surface area (Å²) in [6.07, 6.45) is 0. The van der Waals surface area contributed by atoms with Crippen LogP contribution in [-0.2, 0) is 4.74 Å². The lowest BCUT2D eigenvalue weighted by atomic mass is 10.1. The minimum Gasteiger partial charge on any atom is -0.464 e. The molecule has 0 aliphatic rings. The number of rotatable bonds is 3. The molecule has 0 atom stereocenters. The van der Waals surface area contributed by atoms with Crippen LogP contribution in [0.1, 0.15) is 10.5 Å². The third-order valence-electron chi connectivity index (χ3n) is 2.61. The van der Waals surface area contributed by atoms with Gasteiger partial charge in [0.25, 0.3) is 0 Å². The lowest BCUT2D eigenvalue weighted by Crippen LogP contribution is -2.05. The highest BCUT2D eigenvalue weighted by Gasteiger charge is 2.29. The molecule has 8 heteroatoms. The minimum absolute atomic E-state index is 0.0459. The van der Waals surface area contributed by atoms with Crippen molar-refractivity contribution in [1.82, 2.24) is 4.98 Å². The summed E-state index contributed by atoms with van der Waals surface area (Å²) in [6.45, 7) is 0. The van der Waals surface area contributed by atoms with E-state index in [4.69, 9.17) is 11.6 Å². The summed E-state index contributed by atoms with van der Waals surface area (Å²) in [5, 5.41) is 0.139. The average Bonchev–Trinajstić information content (AvgIpc) is 2.46. The Morgan fingerprint density at radius 2 is 1.82 bits per heavy atom. The third-order valence-corrected chi connectivity index (χ3v) is 3.65. The number of pyridine rings is 1. The molecule has 1 aromatic heterocycles. The van der Waals surface area contributed by atoms with Gasteiger partial charge in [0.1, 0.15) is 0 Å². The van der Waals surface area contributed by atoms with Crippen molar-refractivity contribution in [1.29, 1.82) is 0 Å². The van der Waals surface area contributed by atoms with Crippen LogP contribution < -0.4 is 0 Å². The fourth-order valence-corrected chi connectivity index (χ4v) is 2.39. The summed E-state index contributed by atoms with van der Waals surface area (Å²) in [7, 11) is 1.20. The van der Waals surface area contributed by atoms with Gasteiger partial charge in [-0.3, -0.25) is 0 Å². The Morgan fingerprint density at radius 1 is 1.18 bits per heavy atom. The zero-order chi connectivity index (χ0) is 16.3. The van der Waals surface area contributed by atoms with Crippen molar-refractivity contribution < 1.29 is 22.7 Å². The molecule has 22 heavy (non-hydrogen) atoms. The maximum absolute atomic E-state index is 12.3. The van der Waals surface area contributed by atoms with E-state index in [1.165, 1.54) is 37.4 Å². The van der Waals surface area contributed by atoms with Gasteiger partial charge in [-0.1, -0.05) is 23.7 Å². The molecule has 0 aliphatic carbocycles. The monoisotopic (exact) mass is 347 g/mol. The van der Waals surface area contributed by atoms with Crippen molar-refractivity contribution in [2.24, 2.45) is 0 Å². The largest absolute Gasteiger partial charge is 0.464 e. The second-order valence-electron chi connectivity index (χ2n) is 4.09. The minimum atomic E-state index is -4.34. The molecule has 0 fully saturated rings. The number of alkyl halides is 3. The zero-order valence-corrected chi connectivity index (χ0v) is 12.7. The summed E-state index contributed by atoms with van der Waals surface area (Å²) >= 11 is 5.67. The zero-order valence-electron chi connectivity index (χ0n) is 11.1. The van der Waals surface area contributed by atoms with Crippen molar-refractivity contribution in [3.63, 3.8) is 0 Å². The van der Waals surface area contributed by atoms with Crippen LogP contribution in [0.2, 0.25) is 5.02 Å². The van der Waals surface area contributed by atoms with Gasteiger partial charge in [0, 0.05) is 10.5 Å². The Morgan fingerprint density at radius 3 is 2.36 bits per heavy atom. The molecule has 0 amide bonds. The van der Waals surface area contributed by atoms with Crippen molar-refractivity contribution in [3.8, 4) is 11.3 Å². The van der Waals surface area contributed by atoms with Gasteiger partial charge in [0.15, 0.2) is 5.69 Å². The Bertz CT molecular complexity index is 689. The predicted molar refractivity (Wildman–Crippen MR) is 77.9 cm³/mol. The first-order valence-corrected chi connectivity index (χ1v) is 7.10. The van der Waals surface area contributed by atoms with Gasteiger partial charge in [-0.2, -0.15) is 13.2 Å². The summed E-state index contributed by atoms with van der Waals surface area (Å²) in [5.74, 6) is -0.684. The smallest absolute Gasteiger partial charge is 0.446 e. The van der Waals surface area contributed by atoms with E-state index in [0.717, 1.165) is 0 Å². The molecule has 2 rings (SSSR count). The average molecular weight is 348 g/mol. The van der Waals surface area contributed by atoms with E-state index >= 15 is 0 Å². The van der Waals surface area contributed by atoms with Crippen LogP contribution in [0.15, 0.2) is 41.3 Å². The molecule has 0 bridgehead atoms. The second-order valence-corrected chi connectivity index (χ2v) is 5.64. The number of carbonyl (C=O) groups is 1. The number of benzene rings is 1. The normalized spacial score (nSPS) is 11.3. The Kier molecular flexibility index (Phi) is 4.97. The molecular formula is C14H9ClF3NO2S. The molecule has 2 aromatic rings. The van der Waals surface area contributed by atoms with Crippen molar-refractivity contribution in [3.05, 3.63) is 47.1 Å². The number of nitrogens with zero attached hydrogens (tertiary/aromatic N) is 1. The standard InChI is InChI=1S/C14H9ClF3NO2S/c1-21-13(20)12-10(15)6-7-11(19-12)8-2-4-9(5-3-8)22-14(16,17)18/h2-7H,1H3. The van der Waals surface area contributed by atoms with Gasteiger partial charge >= 0.3 is 11.5 Å². The van der Waals surface area contributed by atoms with Crippen LogP contribution in [-0.4, -0.2) is 23.6 Å². The van der Waals surface area contributed by atoms with E-state index < -0.39 is 11.5 Å². The highest BCUT2D eigenvalue weighted by molar-refractivity contribution is 8.00. The first-order valence-electron chi connectivity index (χ1n) is 5.91. The van der Waals surface area contributed by atoms with E-state index in [1.807, 2.05) is 0 Å². The number of hydrogen-bond donors (Lipinski definition) is 0. The van der Waals surface area contributed by atoms with Crippen LogP contribution >= 0.6 is 23.4 Å². The molecule has 0 unspecified atom stereocenters. The van der Waals surface area contributed by atoms with E-state index in [-0.39, 0.29) is 27.4 Å². The number of esters is 1. The number of methoxy groups -OCH3 is 1. The SMILES string of the molecule is COC(=O)c1nc(-c2ccc(SC(F)(F)F)cc2)ccc1Cl. The first kappa shape index (κ1) is 16.6. The summed E-state index contributed by atoms with van der Waals surface area (Å²) in [4.78, 5) is 15.7. The van der Waals surface area contributed by atoms with Crippen LogP contribution in [0.4, 0.5) is 13.2 Å². The molecule has 1 heterocycles. The molecule has 0 saturated carbocycles. The predicted octanol–water partition coefficient (Wildman–Crippen LogP) is 4.80. The molecular weight excluding hydrogens is 339 g/mol. The van der Waals surface area contributed by atoms with Gasteiger partial charge in [-0.25, -0.2) is 9.78 Å². The Labute approximate surface area is 133 Å². The number of aromatic nitrogens is 1. The summed E-state index contributed by atoms with van der Waals surface area (Å²) in [6, 6.07) is 8.70. The van der Waals surface area contributed by atoms with Gasteiger partial charge in [0.2, 0.25) is 0 Å². The number of carbonyl (C=O) groups excluding carboxylic acids is 1. The molecule has 0 aliphatic heterocycles. The number of halogens is 4. The van der Waals surface area contributed by atoms with Crippen LogP contribution in [0.25, 0.3) is 11.3 Å². The van der Waals surface area contributed by atoms with Crippen molar-refractivity contribution in [2.45, 2.75) is 10.4 Å². The molecule has 116 valence electrons. The second kappa shape index (κ2) is 6.58. The van der Waals surface area contributed by atoms with E-state index in [9.17, 15) is 18.0 Å². The topological polar surface area (TPSA) is 39.2 Å². The maximum Gasteiger partial charge on any atom is 0.446 e. The van der Waals surface area contributed by atoms with Crippen LogP contribution in [0, 0.1) is 0 Å². The van der Waals surface area contributed by atoms with Crippen molar-refractivity contribution >= 4 is 29.3 Å². The molecule has 0 spiro atoms. The fourth-order valence-electron chi connectivity index (χ4n) is 1.67. The van der Waals surface area contributed by atoms with E-state index in [2.05, 4.69) is 9.72 Å². The lowest BCUT2D eigenvalue weighted by Gasteiger charge is -2.08. The van der Waals surface area contributed by atoms with Crippen LogP contribution in [0.3, 0.4) is 0 Å². The first-order chi connectivity index (χ1) is 10.3. The van der Waals surface area contributed by atoms with Crippen molar-refractivity contribution in [2.75, 3.05) is 7.11 Å². The van der Waals surface area contributed by atoms with E-state index in [0.29, 0.717) is 11.3 Å². The summed E-state index contributed by atoms with van der Waals surface area (Å²) < 4.78 is 41.4. The molecule has 3 nitrogen and oxygen atoms in total. The number of thioether (sulfide) groups is 1. The van der Waals surface area contributed by atoms with Gasteiger partial charge in [-0.15, -0.1) is 0 Å². The molecule has 0 N–H and O–H groups in total. The Balaban J connectivity index is 2.31. The maximum atomic E-state index is 12.3. The Hall–Kier alpha value is -1.73. The highest BCUT2D eigenvalue weighted by Crippen LogP contribution is 2.37. The highest BCUT2D eigenvalue weighted by atomic mass is 35.5. The van der Waals surface area contributed by atoms with E-state index in [1.54, 1.807) is 6.07 Å². The van der Waals surface area contributed by atoms with Gasteiger partial charge in [-0.05, 0) is 36.0 Å². The van der Waals surface area contributed by atoms with Crippen LogP contribution in [0.5, 0.6) is 0 Å². The van der Waals surface area contributed by atoms with Gasteiger partial charge in [0.05, 0.1) is 17.8 Å². The molecule has 0 radical (unpaired) electrons.